The number of benzene rings is 1. The first-order valence-corrected chi connectivity index (χ1v) is 5.87. The van der Waals surface area contributed by atoms with Crippen LogP contribution in [-0.4, -0.2) is 20.7 Å². The highest BCUT2D eigenvalue weighted by Crippen LogP contribution is 2.26. The van der Waals surface area contributed by atoms with Crippen molar-refractivity contribution in [2.45, 2.75) is 27.2 Å². The largest absolute Gasteiger partial charge is 0.496 e. The predicted octanol–water partition coefficient (Wildman–Crippen LogP) is 2.71. The maximum atomic E-state index is 5.47. The van der Waals surface area contributed by atoms with Crippen molar-refractivity contribution in [3.8, 4) is 5.75 Å². The molecule has 0 aromatic heterocycles. The standard InChI is InChI=1S/C14H23NO/c1-10-6-12(3)13(14(8-10)16-5)7-11(2)9-15-4/h6,8,11,15H,7,9H2,1-5H3. The van der Waals surface area contributed by atoms with Crippen molar-refractivity contribution in [1.29, 1.82) is 0 Å². The molecule has 1 N–H and O–H groups in total. The zero-order valence-electron chi connectivity index (χ0n) is 11.1. The van der Waals surface area contributed by atoms with Crippen molar-refractivity contribution >= 4 is 0 Å². The van der Waals surface area contributed by atoms with Crippen LogP contribution in [-0.2, 0) is 6.42 Å². The molecule has 1 aromatic carbocycles. The SMILES string of the molecule is CNCC(C)Cc1c(C)cc(C)cc1OC. The quantitative estimate of drug-likeness (QED) is 0.825. The van der Waals surface area contributed by atoms with Gasteiger partial charge in [0.15, 0.2) is 0 Å². The van der Waals surface area contributed by atoms with Gasteiger partial charge in [-0.1, -0.05) is 13.0 Å². The van der Waals surface area contributed by atoms with E-state index in [1.165, 1.54) is 16.7 Å². The molecule has 1 aromatic rings. The van der Waals surface area contributed by atoms with Gasteiger partial charge in [0.05, 0.1) is 7.11 Å². The van der Waals surface area contributed by atoms with E-state index in [2.05, 4.69) is 38.2 Å². The average Bonchev–Trinajstić information content (AvgIpc) is 2.22. The molecule has 90 valence electrons. The smallest absolute Gasteiger partial charge is 0.122 e. The highest BCUT2D eigenvalue weighted by molar-refractivity contribution is 5.43. The van der Waals surface area contributed by atoms with Gasteiger partial charge in [0.2, 0.25) is 0 Å². The number of methoxy groups -OCH3 is 1. The Kier molecular flexibility index (Phi) is 4.81. The van der Waals surface area contributed by atoms with E-state index in [4.69, 9.17) is 4.74 Å². The molecule has 0 radical (unpaired) electrons. The molecule has 1 rings (SSSR count). The van der Waals surface area contributed by atoms with E-state index in [-0.39, 0.29) is 0 Å². The molecule has 0 heterocycles. The summed E-state index contributed by atoms with van der Waals surface area (Å²) in [5, 5.41) is 3.22. The molecule has 0 amide bonds. The van der Waals surface area contributed by atoms with E-state index in [9.17, 15) is 0 Å². The molecule has 16 heavy (non-hydrogen) atoms. The van der Waals surface area contributed by atoms with Crippen LogP contribution in [0.1, 0.15) is 23.6 Å². The second-order valence-corrected chi connectivity index (χ2v) is 4.63. The number of aryl methyl sites for hydroxylation is 2. The minimum absolute atomic E-state index is 0.625. The number of nitrogens with one attached hydrogen (secondary N) is 1. The van der Waals surface area contributed by atoms with Gasteiger partial charge < -0.3 is 10.1 Å². The first-order chi connectivity index (χ1) is 7.58. The van der Waals surface area contributed by atoms with Gasteiger partial charge in [-0.15, -0.1) is 0 Å². The Morgan fingerprint density at radius 2 is 2.00 bits per heavy atom. The number of rotatable bonds is 5. The fraction of sp³-hybridized carbons (Fsp3) is 0.571. The van der Waals surface area contributed by atoms with Gasteiger partial charge in [-0.3, -0.25) is 0 Å². The summed E-state index contributed by atoms with van der Waals surface area (Å²) in [6.07, 6.45) is 1.07. The molecule has 0 aliphatic carbocycles. The Labute approximate surface area is 99.0 Å². The summed E-state index contributed by atoms with van der Waals surface area (Å²) >= 11 is 0. The molecule has 2 nitrogen and oxygen atoms in total. The minimum Gasteiger partial charge on any atom is -0.496 e. The summed E-state index contributed by atoms with van der Waals surface area (Å²) in [4.78, 5) is 0. The van der Waals surface area contributed by atoms with E-state index in [1.54, 1.807) is 7.11 Å². The highest BCUT2D eigenvalue weighted by Gasteiger charge is 2.11. The molecule has 0 spiro atoms. The Bertz CT molecular complexity index is 347. The van der Waals surface area contributed by atoms with Crippen LogP contribution in [0.25, 0.3) is 0 Å². The minimum atomic E-state index is 0.625. The first kappa shape index (κ1) is 13.0. The van der Waals surface area contributed by atoms with Gasteiger partial charge in [-0.25, -0.2) is 0 Å². The molecule has 0 bridgehead atoms. The Morgan fingerprint density at radius 3 is 2.56 bits per heavy atom. The van der Waals surface area contributed by atoms with Crippen LogP contribution in [0.5, 0.6) is 5.75 Å². The molecule has 0 saturated carbocycles. The molecular formula is C14H23NO. The lowest BCUT2D eigenvalue weighted by molar-refractivity contribution is 0.403. The van der Waals surface area contributed by atoms with E-state index in [1.807, 2.05) is 7.05 Å². The van der Waals surface area contributed by atoms with Crippen molar-refractivity contribution in [3.63, 3.8) is 0 Å². The Morgan fingerprint density at radius 1 is 1.31 bits per heavy atom. The third-order valence-corrected chi connectivity index (χ3v) is 2.90. The third kappa shape index (κ3) is 3.24. The van der Waals surface area contributed by atoms with E-state index < -0.39 is 0 Å². The molecule has 1 unspecified atom stereocenters. The summed E-state index contributed by atoms with van der Waals surface area (Å²) < 4.78 is 5.47. The van der Waals surface area contributed by atoms with Gasteiger partial charge in [0, 0.05) is 0 Å². The molecule has 0 aliphatic heterocycles. The fourth-order valence-corrected chi connectivity index (χ4v) is 2.17. The highest BCUT2D eigenvalue weighted by atomic mass is 16.5. The number of ether oxygens (including phenoxy) is 1. The third-order valence-electron chi connectivity index (χ3n) is 2.90. The molecular weight excluding hydrogens is 198 g/mol. The average molecular weight is 221 g/mol. The van der Waals surface area contributed by atoms with Gasteiger partial charge in [-0.05, 0) is 62.5 Å². The van der Waals surface area contributed by atoms with E-state index in [0.29, 0.717) is 5.92 Å². The van der Waals surface area contributed by atoms with Crippen molar-refractivity contribution in [3.05, 3.63) is 28.8 Å². The van der Waals surface area contributed by atoms with Crippen LogP contribution >= 0.6 is 0 Å². The zero-order valence-corrected chi connectivity index (χ0v) is 11.1. The normalized spacial score (nSPS) is 12.6. The summed E-state index contributed by atoms with van der Waals surface area (Å²) in [5.41, 5.74) is 3.94. The van der Waals surface area contributed by atoms with Gasteiger partial charge in [-0.2, -0.15) is 0 Å². The van der Waals surface area contributed by atoms with Crippen LogP contribution in [0.4, 0.5) is 0 Å². The summed E-state index contributed by atoms with van der Waals surface area (Å²) in [7, 11) is 3.75. The van der Waals surface area contributed by atoms with Gasteiger partial charge in [0.1, 0.15) is 5.75 Å². The lowest BCUT2D eigenvalue weighted by Crippen LogP contribution is -2.18. The lowest BCUT2D eigenvalue weighted by Gasteiger charge is -2.17. The lowest BCUT2D eigenvalue weighted by atomic mass is 9.95. The Hall–Kier alpha value is -1.02. The second kappa shape index (κ2) is 5.90. The van der Waals surface area contributed by atoms with Crippen molar-refractivity contribution in [1.82, 2.24) is 5.32 Å². The van der Waals surface area contributed by atoms with E-state index in [0.717, 1.165) is 18.7 Å². The Balaban J connectivity index is 2.93. The maximum absolute atomic E-state index is 5.47. The van der Waals surface area contributed by atoms with E-state index >= 15 is 0 Å². The van der Waals surface area contributed by atoms with Crippen molar-refractivity contribution in [2.75, 3.05) is 20.7 Å². The fourth-order valence-electron chi connectivity index (χ4n) is 2.17. The van der Waals surface area contributed by atoms with Crippen LogP contribution in [0, 0.1) is 19.8 Å². The van der Waals surface area contributed by atoms with Crippen LogP contribution < -0.4 is 10.1 Å². The zero-order chi connectivity index (χ0) is 12.1. The number of hydrogen-bond acceptors (Lipinski definition) is 2. The first-order valence-electron chi connectivity index (χ1n) is 5.87. The maximum Gasteiger partial charge on any atom is 0.122 e. The van der Waals surface area contributed by atoms with Gasteiger partial charge in [0.25, 0.3) is 0 Å². The van der Waals surface area contributed by atoms with Crippen molar-refractivity contribution in [2.24, 2.45) is 5.92 Å². The molecule has 2 heteroatoms. The second-order valence-electron chi connectivity index (χ2n) is 4.63. The van der Waals surface area contributed by atoms with Crippen molar-refractivity contribution < 1.29 is 4.74 Å². The monoisotopic (exact) mass is 221 g/mol. The van der Waals surface area contributed by atoms with Crippen LogP contribution in [0.2, 0.25) is 0 Å². The van der Waals surface area contributed by atoms with Crippen LogP contribution in [0.3, 0.4) is 0 Å². The topological polar surface area (TPSA) is 21.3 Å². The molecule has 0 saturated heterocycles. The summed E-state index contributed by atoms with van der Waals surface area (Å²) in [5.74, 6) is 1.65. The summed E-state index contributed by atoms with van der Waals surface area (Å²) in [6, 6.07) is 4.35. The van der Waals surface area contributed by atoms with Gasteiger partial charge >= 0.3 is 0 Å². The summed E-state index contributed by atoms with van der Waals surface area (Å²) in [6.45, 7) is 7.57. The molecule has 0 fully saturated rings. The number of hydrogen-bond donors (Lipinski definition) is 1. The van der Waals surface area contributed by atoms with Crippen LogP contribution in [0.15, 0.2) is 12.1 Å². The predicted molar refractivity (Wildman–Crippen MR) is 69.3 cm³/mol. The molecule has 0 aliphatic rings. The molecule has 1 atom stereocenters.